The van der Waals surface area contributed by atoms with E-state index in [9.17, 15) is 9.59 Å². The van der Waals surface area contributed by atoms with E-state index in [-0.39, 0.29) is 12.5 Å². The van der Waals surface area contributed by atoms with Crippen molar-refractivity contribution in [1.82, 2.24) is 4.90 Å². The molecule has 0 unspecified atom stereocenters. The third kappa shape index (κ3) is 5.13. The van der Waals surface area contributed by atoms with Crippen LogP contribution in [0.15, 0.2) is 35.2 Å². The maximum absolute atomic E-state index is 12.3. The van der Waals surface area contributed by atoms with E-state index in [0.717, 1.165) is 31.0 Å². The molecule has 1 saturated heterocycles. The van der Waals surface area contributed by atoms with Crippen molar-refractivity contribution in [3.63, 3.8) is 0 Å². The summed E-state index contributed by atoms with van der Waals surface area (Å²) in [5, 5.41) is 0. The van der Waals surface area contributed by atoms with Crippen LogP contribution in [0.1, 0.15) is 37.7 Å². The van der Waals surface area contributed by atoms with Gasteiger partial charge in [-0.25, -0.2) is 4.79 Å². The lowest BCUT2D eigenvalue weighted by atomic mass is 9.75. The first-order valence-corrected chi connectivity index (χ1v) is 10.6. The summed E-state index contributed by atoms with van der Waals surface area (Å²) < 4.78 is 5.14. The van der Waals surface area contributed by atoms with Crippen molar-refractivity contribution >= 4 is 29.7 Å². The van der Waals surface area contributed by atoms with Crippen LogP contribution in [-0.2, 0) is 14.3 Å². The minimum absolute atomic E-state index is 0.0694. The number of ether oxygens (including phenoxy) is 1. The van der Waals surface area contributed by atoms with Crippen LogP contribution in [-0.4, -0.2) is 42.7 Å². The SMILES string of the molecule is CSc1ccc(/C=C/C(=O)OCC(=O)N2CC[C@@H]3CCCC[C@@H]3C2)cc1. The average molecular weight is 374 g/mol. The van der Waals surface area contributed by atoms with Gasteiger partial charge in [0.05, 0.1) is 0 Å². The molecular weight excluding hydrogens is 346 g/mol. The molecule has 2 fully saturated rings. The van der Waals surface area contributed by atoms with Crippen molar-refractivity contribution in [2.24, 2.45) is 11.8 Å². The number of nitrogens with zero attached hydrogens (tertiary/aromatic N) is 1. The highest BCUT2D eigenvalue weighted by atomic mass is 32.2. The summed E-state index contributed by atoms with van der Waals surface area (Å²) in [6.45, 7) is 1.47. The number of carbonyl (C=O) groups excluding carboxylic acids is 2. The molecule has 0 spiro atoms. The number of fused-ring (bicyclic) bond motifs is 1. The first-order chi connectivity index (χ1) is 12.7. The highest BCUT2D eigenvalue weighted by molar-refractivity contribution is 7.98. The monoisotopic (exact) mass is 373 g/mol. The summed E-state index contributed by atoms with van der Waals surface area (Å²) in [5.74, 6) is 0.886. The molecule has 2 atom stereocenters. The lowest BCUT2D eigenvalue weighted by molar-refractivity contribution is -0.149. The van der Waals surface area contributed by atoms with E-state index in [2.05, 4.69) is 0 Å². The summed E-state index contributed by atoms with van der Waals surface area (Å²) in [6, 6.07) is 7.92. The highest BCUT2D eigenvalue weighted by Crippen LogP contribution is 2.36. The van der Waals surface area contributed by atoms with E-state index in [1.807, 2.05) is 35.4 Å². The fourth-order valence-electron chi connectivity index (χ4n) is 3.98. The largest absolute Gasteiger partial charge is 0.452 e. The van der Waals surface area contributed by atoms with Crippen molar-refractivity contribution in [3.8, 4) is 0 Å². The predicted molar refractivity (Wildman–Crippen MR) is 105 cm³/mol. The van der Waals surface area contributed by atoms with Crippen LogP contribution in [0.4, 0.5) is 0 Å². The lowest BCUT2D eigenvalue weighted by Gasteiger charge is -2.41. The lowest BCUT2D eigenvalue weighted by Crippen LogP contribution is -2.46. The Bertz CT molecular complexity index is 656. The molecule has 1 amide bonds. The summed E-state index contributed by atoms with van der Waals surface area (Å²) in [7, 11) is 0. The van der Waals surface area contributed by atoms with Gasteiger partial charge in [-0.3, -0.25) is 4.79 Å². The Morgan fingerprint density at radius 1 is 1.15 bits per heavy atom. The number of hydrogen-bond donors (Lipinski definition) is 0. The number of piperidine rings is 1. The molecule has 0 bridgehead atoms. The van der Waals surface area contributed by atoms with Gasteiger partial charge >= 0.3 is 5.97 Å². The number of thioether (sulfide) groups is 1. The molecule has 26 heavy (non-hydrogen) atoms. The molecule has 2 aliphatic rings. The van der Waals surface area contributed by atoms with Gasteiger partial charge in [-0.2, -0.15) is 0 Å². The molecule has 140 valence electrons. The minimum atomic E-state index is -0.472. The van der Waals surface area contributed by atoms with Crippen molar-refractivity contribution in [2.45, 2.75) is 37.0 Å². The van der Waals surface area contributed by atoms with Crippen LogP contribution in [0.25, 0.3) is 6.08 Å². The fraction of sp³-hybridized carbons (Fsp3) is 0.524. The molecule has 1 saturated carbocycles. The van der Waals surface area contributed by atoms with Gasteiger partial charge in [-0.1, -0.05) is 31.4 Å². The summed E-state index contributed by atoms with van der Waals surface area (Å²) in [6.07, 6.45) is 11.4. The Kier molecular flexibility index (Phi) is 6.78. The van der Waals surface area contributed by atoms with E-state index in [1.54, 1.807) is 17.8 Å². The molecular formula is C21H27NO3S. The standard InChI is InChI=1S/C21H27NO3S/c1-26-19-9-6-16(7-10-19)8-11-21(24)25-15-20(23)22-13-12-17-4-2-3-5-18(17)14-22/h6-11,17-18H,2-5,12-15H2,1H3/b11-8+/t17-,18+/m0/s1. The number of benzene rings is 1. The molecule has 1 aliphatic carbocycles. The van der Waals surface area contributed by atoms with E-state index < -0.39 is 5.97 Å². The number of rotatable bonds is 5. The Hall–Kier alpha value is -1.75. The second kappa shape index (κ2) is 9.26. The molecule has 1 aromatic rings. The smallest absolute Gasteiger partial charge is 0.331 e. The molecule has 1 heterocycles. The highest BCUT2D eigenvalue weighted by Gasteiger charge is 2.32. The molecule has 0 N–H and O–H groups in total. The molecule has 1 aliphatic heterocycles. The molecule has 0 radical (unpaired) electrons. The second-order valence-corrected chi connectivity index (χ2v) is 8.03. The van der Waals surface area contributed by atoms with Crippen LogP contribution < -0.4 is 0 Å². The van der Waals surface area contributed by atoms with Crippen LogP contribution in [0.5, 0.6) is 0 Å². The van der Waals surface area contributed by atoms with Gasteiger partial charge in [0.25, 0.3) is 5.91 Å². The van der Waals surface area contributed by atoms with Crippen LogP contribution >= 0.6 is 11.8 Å². The number of carbonyl (C=O) groups is 2. The molecule has 1 aromatic carbocycles. The summed E-state index contributed by atoms with van der Waals surface area (Å²) in [5.41, 5.74) is 0.936. The summed E-state index contributed by atoms with van der Waals surface area (Å²) >= 11 is 1.68. The Balaban J connectivity index is 1.43. The van der Waals surface area contributed by atoms with Crippen molar-refractivity contribution in [1.29, 1.82) is 0 Å². The number of likely N-dealkylation sites (tertiary alicyclic amines) is 1. The minimum Gasteiger partial charge on any atom is -0.452 e. The zero-order valence-electron chi connectivity index (χ0n) is 15.4. The van der Waals surface area contributed by atoms with Gasteiger partial charge in [0.1, 0.15) is 0 Å². The Labute approximate surface area is 160 Å². The maximum Gasteiger partial charge on any atom is 0.331 e. The fourth-order valence-corrected chi connectivity index (χ4v) is 4.39. The van der Waals surface area contributed by atoms with Crippen LogP contribution in [0, 0.1) is 11.8 Å². The number of hydrogen-bond acceptors (Lipinski definition) is 4. The average Bonchev–Trinajstić information content (AvgIpc) is 2.70. The Morgan fingerprint density at radius 2 is 1.88 bits per heavy atom. The first-order valence-electron chi connectivity index (χ1n) is 9.42. The third-order valence-electron chi connectivity index (χ3n) is 5.51. The number of esters is 1. The van der Waals surface area contributed by atoms with Gasteiger partial charge < -0.3 is 9.64 Å². The predicted octanol–water partition coefficient (Wildman–Crippen LogP) is 4.00. The van der Waals surface area contributed by atoms with Crippen LogP contribution in [0.3, 0.4) is 0 Å². The molecule has 3 rings (SSSR count). The van der Waals surface area contributed by atoms with E-state index in [1.165, 1.54) is 36.7 Å². The Morgan fingerprint density at radius 3 is 2.62 bits per heavy atom. The van der Waals surface area contributed by atoms with Crippen molar-refractivity contribution in [2.75, 3.05) is 26.0 Å². The van der Waals surface area contributed by atoms with Crippen molar-refractivity contribution < 1.29 is 14.3 Å². The molecule has 4 nitrogen and oxygen atoms in total. The second-order valence-electron chi connectivity index (χ2n) is 7.15. The maximum atomic E-state index is 12.3. The molecule has 5 heteroatoms. The third-order valence-corrected chi connectivity index (χ3v) is 6.25. The van der Waals surface area contributed by atoms with Gasteiger partial charge in [0, 0.05) is 24.1 Å². The van der Waals surface area contributed by atoms with Gasteiger partial charge in [0.15, 0.2) is 6.61 Å². The normalized spacial score (nSPS) is 22.9. The van der Waals surface area contributed by atoms with E-state index in [0.29, 0.717) is 5.92 Å². The quantitative estimate of drug-likeness (QED) is 0.445. The topological polar surface area (TPSA) is 46.6 Å². The summed E-state index contributed by atoms with van der Waals surface area (Å²) in [4.78, 5) is 27.3. The zero-order chi connectivity index (χ0) is 18.4. The van der Waals surface area contributed by atoms with Crippen LogP contribution in [0.2, 0.25) is 0 Å². The first kappa shape index (κ1) is 19.0. The van der Waals surface area contributed by atoms with E-state index >= 15 is 0 Å². The molecule has 0 aromatic heterocycles. The van der Waals surface area contributed by atoms with Gasteiger partial charge in [-0.15, -0.1) is 11.8 Å². The van der Waals surface area contributed by atoms with Gasteiger partial charge in [-0.05, 0) is 54.7 Å². The van der Waals surface area contributed by atoms with Crippen molar-refractivity contribution in [3.05, 3.63) is 35.9 Å². The van der Waals surface area contributed by atoms with E-state index in [4.69, 9.17) is 4.74 Å². The number of amides is 1. The van der Waals surface area contributed by atoms with Gasteiger partial charge in [0.2, 0.25) is 0 Å². The zero-order valence-corrected chi connectivity index (χ0v) is 16.2.